The van der Waals surface area contributed by atoms with Crippen LogP contribution in [0.1, 0.15) is 30.1 Å². The highest BCUT2D eigenvalue weighted by atomic mass is 16.5. The van der Waals surface area contributed by atoms with Crippen LogP contribution in [0.4, 0.5) is 5.69 Å². The summed E-state index contributed by atoms with van der Waals surface area (Å²) in [4.78, 5) is 35.1. The molecule has 120 valence electrons. The average molecular weight is 313 g/mol. The number of ketones is 1. The van der Waals surface area contributed by atoms with Crippen LogP contribution in [0.25, 0.3) is 0 Å². The van der Waals surface area contributed by atoms with E-state index in [0.29, 0.717) is 17.2 Å². The van der Waals surface area contributed by atoms with Gasteiger partial charge in [0, 0.05) is 11.3 Å². The van der Waals surface area contributed by atoms with E-state index in [9.17, 15) is 14.4 Å². The van der Waals surface area contributed by atoms with Crippen molar-refractivity contribution >= 4 is 23.3 Å². The SMILES string of the molecule is CC(=O)c1ccc(NC(=O)COC(=O)[C@@H]2C[C@@H]3C=C[C@H]2C3)cc1. The van der Waals surface area contributed by atoms with Gasteiger partial charge in [0.2, 0.25) is 0 Å². The van der Waals surface area contributed by atoms with Crippen LogP contribution in [0.15, 0.2) is 36.4 Å². The van der Waals surface area contributed by atoms with Gasteiger partial charge in [-0.1, -0.05) is 12.2 Å². The standard InChI is InChI=1S/C18H19NO4/c1-11(20)13-4-6-15(7-5-13)19-17(21)10-23-18(22)16-9-12-2-3-14(16)8-12/h2-7,12,14,16H,8-10H2,1H3,(H,19,21)/t12-,14+,16-/m1/s1. The Morgan fingerprint density at radius 1 is 1.13 bits per heavy atom. The van der Waals surface area contributed by atoms with Crippen LogP contribution >= 0.6 is 0 Å². The van der Waals surface area contributed by atoms with E-state index in [1.54, 1.807) is 24.3 Å². The molecule has 0 spiro atoms. The second-order valence-corrected chi connectivity index (χ2v) is 6.18. The summed E-state index contributed by atoms with van der Waals surface area (Å²) in [7, 11) is 0. The van der Waals surface area contributed by atoms with Gasteiger partial charge in [-0.2, -0.15) is 0 Å². The van der Waals surface area contributed by atoms with Gasteiger partial charge in [0.25, 0.3) is 5.91 Å². The highest BCUT2D eigenvalue weighted by Crippen LogP contribution is 2.43. The number of ether oxygens (including phenoxy) is 1. The lowest BCUT2D eigenvalue weighted by atomic mass is 9.94. The van der Waals surface area contributed by atoms with Crippen molar-refractivity contribution in [2.24, 2.45) is 17.8 Å². The number of nitrogens with one attached hydrogen (secondary N) is 1. The molecule has 0 heterocycles. The van der Waals surface area contributed by atoms with E-state index in [2.05, 4.69) is 17.5 Å². The Morgan fingerprint density at radius 3 is 2.43 bits per heavy atom. The van der Waals surface area contributed by atoms with Crippen molar-refractivity contribution in [3.63, 3.8) is 0 Å². The summed E-state index contributed by atoms with van der Waals surface area (Å²) >= 11 is 0. The van der Waals surface area contributed by atoms with Gasteiger partial charge in [-0.15, -0.1) is 0 Å². The fourth-order valence-electron chi connectivity index (χ4n) is 3.28. The number of rotatable bonds is 5. The fourth-order valence-corrected chi connectivity index (χ4v) is 3.28. The average Bonchev–Trinajstić information content (AvgIpc) is 3.16. The Kier molecular flexibility index (Phi) is 4.28. The summed E-state index contributed by atoms with van der Waals surface area (Å²) in [6.07, 6.45) is 6.09. The van der Waals surface area contributed by atoms with Gasteiger partial charge in [-0.3, -0.25) is 14.4 Å². The highest BCUT2D eigenvalue weighted by Gasteiger charge is 2.40. The molecule has 1 aromatic rings. The Bertz CT molecular complexity index is 662. The topological polar surface area (TPSA) is 72.5 Å². The summed E-state index contributed by atoms with van der Waals surface area (Å²) in [5.41, 5.74) is 1.15. The molecular weight excluding hydrogens is 294 g/mol. The van der Waals surface area contributed by atoms with E-state index in [0.717, 1.165) is 12.8 Å². The smallest absolute Gasteiger partial charge is 0.310 e. The third kappa shape index (κ3) is 3.50. The second-order valence-electron chi connectivity index (χ2n) is 6.18. The molecule has 0 unspecified atom stereocenters. The third-order valence-electron chi connectivity index (χ3n) is 4.50. The van der Waals surface area contributed by atoms with Crippen molar-refractivity contribution in [3.8, 4) is 0 Å². The lowest BCUT2D eigenvalue weighted by Gasteiger charge is -2.16. The Hall–Kier alpha value is -2.43. The van der Waals surface area contributed by atoms with E-state index in [1.165, 1.54) is 6.92 Å². The summed E-state index contributed by atoms with van der Waals surface area (Å²) in [5, 5.41) is 2.65. The lowest BCUT2D eigenvalue weighted by molar-refractivity contribution is -0.152. The molecule has 5 heteroatoms. The number of fused-ring (bicyclic) bond motifs is 2. The Labute approximate surface area is 134 Å². The monoisotopic (exact) mass is 313 g/mol. The van der Waals surface area contributed by atoms with Crippen LogP contribution in [0, 0.1) is 17.8 Å². The molecule has 1 aromatic carbocycles. The van der Waals surface area contributed by atoms with Crippen LogP contribution in [0.5, 0.6) is 0 Å². The number of anilines is 1. The molecule has 0 aliphatic heterocycles. The molecule has 3 atom stereocenters. The number of carbonyl (C=O) groups excluding carboxylic acids is 3. The Balaban J connectivity index is 1.47. The molecule has 0 saturated heterocycles. The highest BCUT2D eigenvalue weighted by molar-refractivity contribution is 5.96. The minimum absolute atomic E-state index is 0.0308. The molecule has 0 radical (unpaired) electrons. The van der Waals surface area contributed by atoms with Gasteiger partial charge in [-0.05, 0) is 55.9 Å². The van der Waals surface area contributed by atoms with Gasteiger partial charge in [0.05, 0.1) is 5.92 Å². The second kappa shape index (κ2) is 6.36. The number of Topliss-reactive ketones (excluding diaryl/α,β-unsaturated/α-hetero) is 1. The van der Waals surface area contributed by atoms with E-state index in [4.69, 9.17) is 4.74 Å². The van der Waals surface area contributed by atoms with Crippen molar-refractivity contribution in [1.29, 1.82) is 0 Å². The number of hydrogen-bond acceptors (Lipinski definition) is 4. The van der Waals surface area contributed by atoms with Crippen LogP contribution in [-0.2, 0) is 14.3 Å². The molecule has 1 amide bonds. The largest absolute Gasteiger partial charge is 0.455 e. The van der Waals surface area contributed by atoms with Crippen LogP contribution in [0.2, 0.25) is 0 Å². The molecule has 2 aliphatic rings. The van der Waals surface area contributed by atoms with Crippen molar-refractivity contribution in [2.75, 3.05) is 11.9 Å². The minimum Gasteiger partial charge on any atom is -0.455 e. The van der Waals surface area contributed by atoms with E-state index in [1.807, 2.05) is 0 Å². The quantitative estimate of drug-likeness (QED) is 0.515. The molecule has 1 saturated carbocycles. The first-order chi connectivity index (χ1) is 11.0. The Morgan fingerprint density at radius 2 is 1.87 bits per heavy atom. The lowest BCUT2D eigenvalue weighted by Crippen LogP contribution is -2.26. The van der Waals surface area contributed by atoms with Gasteiger partial charge in [0.15, 0.2) is 12.4 Å². The van der Waals surface area contributed by atoms with E-state index >= 15 is 0 Å². The zero-order chi connectivity index (χ0) is 16.4. The van der Waals surface area contributed by atoms with Crippen molar-refractivity contribution in [3.05, 3.63) is 42.0 Å². The number of benzene rings is 1. The van der Waals surface area contributed by atoms with Gasteiger partial charge in [-0.25, -0.2) is 0 Å². The number of hydrogen-bond donors (Lipinski definition) is 1. The first kappa shape index (κ1) is 15.5. The summed E-state index contributed by atoms with van der Waals surface area (Å²) < 4.78 is 5.14. The van der Waals surface area contributed by atoms with Gasteiger partial charge in [0.1, 0.15) is 0 Å². The normalized spacial score (nSPS) is 24.5. The van der Waals surface area contributed by atoms with Gasteiger partial charge >= 0.3 is 5.97 Å². The zero-order valence-electron chi connectivity index (χ0n) is 13.0. The maximum absolute atomic E-state index is 12.0. The minimum atomic E-state index is -0.382. The molecule has 23 heavy (non-hydrogen) atoms. The first-order valence-electron chi connectivity index (χ1n) is 7.79. The maximum atomic E-state index is 12.0. The number of allylic oxidation sites excluding steroid dienone is 2. The molecule has 0 aromatic heterocycles. The van der Waals surface area contributed by atoms with E-state index in [-0.39, 0.29) is 36.1 Å². The third-order valence-corrected chi connectivity index (χ3v) is 4.50. The number of carbonyl (C=O) groups is 3. The van der Waals surface area contributed by atoms with Crippen molar-refractivity contribution < 1.29 is 19.1 Å². The molecule has 1 N–H and O–H groups in total. The molecule has 5 nitrogen and oxygen atoms in total. The molecule has 2 aliphatic carbocycles. The van der Waals surface area contributed by atoms with Crippen LogP contribution in [-0.4, -0.2) is 24.3 Å². The summed E-state index contributed by atoms with van der Waals surface area (Å²) in [6, 6.07) is 6.59. The summed E-state index contributed by atoms with van der Waals surface area (Å²) in [6.45, 7) is 1.20. The van der Waals surface area contributed by atoms with Crippen molar-refractivity contribution in [2.45, 2.75) is 19.8 Å². The predicted octanol–water partition coefficient (Wildman–Crippen LogP) is 2.58. The molecular formula is C18H19NO4. The zero-order valence-corrected chi connectivity index (χ0v) is 13.0. The fraction of sp³-hybridized carbons (Fsp3) is 0.389. The van der Waals surface area contributed by atoms with Gasteiger partial charge < -0.3 is 10.1 Å². The van der Waals surface area contributed by atoms with Crippen LogP contribution in [0.3, 0.4) is 0 Å². The number of esters is 1. The molecule has 1 fully saturated rings. The van der Waals surface area contributed by atoms with Crippen molar-refractivity contribution in [1.82, 2.24) is 0 Å². The predicted molar refractivity (Wildman–Crippen MR) is 84.9 cm³/mol. The summed E-state index contributed by atoms with van der Waals surface area (Å²) in [5.74, 6) is -0.0400. The number of amides is 1. The van der Waals surface area contributed by atoms with E-state index < -0.39 is 0 Å². The first-order valence-corrected chi connectivity index (χ1v) is 7.79. The van der Waals surface area contributed by atoms with Crippen LogP contribution < -0.4 is 5.32 Å². The molecule has 3 rings (SSSR count). The molecule has 2 bridgehead atoms. The maximum Gasteiger partial charge on any atom is 0.310 e.